The van der Waals surface area contributed by atoms with Crippen molar-refractivity contribution in [3.05, 3.63) is 16.1 Å². The third-order valence-electron chi connectivity index (χ3n) is 0.804. The lowest BCUT2D eigenvalue weighted by Gasteiger charge is -1.75. The molecule has 0 saturated carbocycles. The average Bonchev–Trinajstić information content (AvgIpc) is 2.34. The Morgan fingerprint density at radius 2 is 2.67 bits per heavy atom. The molecule has 0 bridgehead atoms. The Labute approximate surface area is 55.3 Å². The van der Waals surface area contributed by atoms with Gasteiger partial charge in [-0.05, 0) is 0 Å². The van der Waals surface area contributed by atoms with E-state index in [9.17, 15) is 9.18 Å². The number of alkyl halides is 1. The summed E-state index contributed by atoms with van der Waals surface area (Å²) in [6.45, 7) is -0.536. The topological polar surface area (TPSA) is 30.0 Å². The summed E-state index contributed by atoms with van der Waals surface area (Å²) in [6.07, 6.45) is 1.98. The molecule has 0 fully saturated rings. The van der Waals surface area contributed by atoms with Crippen LogP contribution in [-0.4, -0.2) is 11.3 Å². The number of halogens is 1. The lowest BCUT2D eigenvalue weighted by Crippen LogP contribution is -1.69. The number of nitrogens with zero attached hydrogens (tertiary/aromatic N) is 1. The van der Waals surface area contributed by atoms with Gasteiger partial charge in [0.15, 0.2) is 11.3 Å². The summed E-state index contributed by atoms with van der Waals surface area (Å²) in [5.41, 5.74) is 0. The summed E-state index contributed by atoms with van der Waals surface area (Å²) in [4.78, 5) is 14.1. The van der Waals surface area contributed by atoms with Crippen LogP contribution in [0.4, 0.5) is 4.39 Å². The van der Waals surface area contributed by atoms with Gasteiger partial charge >= 0.3 is 0 Å². The fourth-order valence-corrected chi connectivity index (χ4v) is 1.02. The van der Waals surface area contributed by atoms with E-state index < -0.39 is 6.67 Å². The first-order valence-electron chi connectivity index (χ1n) is 2.32. The van der Waals surface area contributed by atoms with Crippen LogP contribution in [0.25, 0.3) is 0 Å². The molecule has 0 aliphatic rings. The monoisotopic (exact) mass is 145 g/mol. The van der Waals surface area contributed by atoms with E-state index in [2.05, 4.69) is 4.98 Å². The molecular formula is C5H4FNOS. The number of hydrogen-bond donors (Lipinski definition) is 0. The van der Waals surface area contributed by atoms with Crippen LogP contribution in [0.1, 0.15) is 14.7 Å². The summed E-state index contributed by atoms with van der Waals surface area (Å²) in [5, 5.41) is 0.336. The standard InChI is InChI=1S/C5H4FNOS/c6-1-4-2-7-5(3-8)9-4/h2-3H,1H2. The fraction of sp³-hybridized carbons (Fsp3) is 0.200. The van der Waals surface area contributed by atoms with Gasteiger partial charge in [0.2, 0.25) is 0 Å². The Balaban J connectivity index is 2.86. The van der Waals surface area contributed by atoms with Crippen LogP contribution in [0, 0.1) is 0 Å². The molecule has 0 aromatic carbocycles. The van der Waals surface area contributed by atoms with Crippen molar-refractivity contribution in [1.82, 2.24) is 4.98 Å². The Bertz CT molecular complexity index is 210. The highest BCUT2D eigenvalue weighted by molar-refractivity contribution is 7.13. The maximum Gasteiger partial charge on any atom is 0.178 e. The number of carbonyl (C=O) groups is 1. The minimum Gasteiger partial charge on any atom is -0.295 e. The maximum absolute atomic E-state index is 11.7. The van der Waals surface area contributed by atoms with Crippen molar-refractivity contribution in [1.29, 1.82) is 0 Å². The molecular weight excluding hydrogens is 141 g/mol. The predicted molar refractivity (Wildman–Crippen MR) is 32.3 cm³/mol. The van der Waals surface area contributed by atoms with E-state index in [1.807, 2.05) is 0 Å². The molecule has 1 aromatic rings. The number of carbonyl (C=O) groups excluding carboxylic acids is 1. The number of rotatable bonds is 2. The number of aromatic nitrogens is 1. The van der Waals surface area contributed by atoms with Crippen LogP contribution in [0.3, 0.4) is 0 Å². The van der Waals surface area contributed by atoms with Gasteiger partial charge in [0.05, 0.1) is 4.88 Å². The quantitative estimate of drug-likeness (QED) is 0.589. The first-order valence-corrected chi connectivity index (χ1v) is 3.14. The Hall–Kier alpha value is -0.770. The van der Waals surface area contributed by atoms with Crippen LogP contribution < -0.4 is 0 Å². The van der Waals surface area contributed by atoms with Crippen molar-refractivity contribution in [3.8, 4) is 0 Å². The Morgan fingerprint density at radius 1 is 1.89 bits per heavy atom. The highest BCUT2D eigenvalue weighted by Gasteiger charge is 1.97. The molecule has 48 valence electrons. The van der Waals surface area contributed by atoms with E-state index in [1.165, 1.54) is 6.20 Å². The maximum atomic E-state index is 11.7. The van der Waals surface area contributed by atoms with Crippen molar-refractivity contribution in [2.24, 2.45) is 0 Å². The summed E-state index contributed by atoms with van der Waals surface area (Å²) in [5.74, 6) is 0. The van der Waals surface area contributed by atoms with E-state index in [1.54, 1.807) is 0 Å². The van der Waals surface area contributed by atoms with Crippen molar-refractivity contribution in [3.63, 3.8) is 0 Å². The fourth-order valence-electron chi connectivity index (χ4n) is 0.439. The molecule has 0 N–H and O–H groups in total. The Morgan fingerprint density at radius 3 is 3.00 bits per heavy atom. The molecule has 0 aliphatic carbocycles. The van der Waals surface area contributed by atoms with E-state index in [0.717, 1.165) is 11.3 Å². The summed E-state index contributed by atoms with van der Waals surface area (Å²) in [6, 6.07) is 0. The van der Waals surface area contributed by atoms with Crippen LogP contribution in [0.5, 0.6) is 0 Å². The van der Waals surface area contributed by atoms with Crippen LogP contribution in [0.15, 0.2) is 6.20 Å². The van der Waals surface area contributed by atoms with Gasteiger partial charge in [0, 0.05) is 6.20 Å². The first-order chi connectivity index (χ1) is 4.36. The van der Waals surface area contributed by atoms with Crippen molar-refractivity contribution in [2.45, 2.75) is 6.67 Å². The van der Waals surface area contributed by atoms with Gasteiger partial charge in [0.1, 0.15) is 6.67 Å². The van der Waals surface area contributed by atoms with Crippen molar-refractivity contribution in [2.75, 3.05) is 0 Å². The summed E-state index contributed by atoms with van der Waals surface area (Å²) >= 11 is 1.08. The second-order valence-electron chi connectivity index (χ2n) is 1.42. The third kappa shape index (κ3) is 1.32. The Kier molecular flexibility index (Phi) is 1.89. The number of hydrogen-bond acceptors (Lipinski definition) is 3. The molecule has 0 saturated heterocycles. The highest BCUT2D eigenvalue weighted by Crippen LogP contribution is 2.11. The second kappa shape index (κ2) is 2.68. The highest BCUT2D eigenvalue weighted by atomic mass is 32.1. The van der Waals surface area contributed by atoms with Gasteiger partial charge in [-0.3, -0.25) is 4.79 Å². The molecule has 2 nitrogen and oxygen atoms in total. The zero-order valence-corrected chi connectivity index (χ0v) is 5.32. The molecule has 1 aromatic heterocycles. The molecule has 9 heavy (non-hydrogen) atoms. The van der Waals surface area contributed by atoms with Crippen molar-refractivity contribution >= 4 is 17.6 Å². The van der Waals surface area contributed by atoms with E-state index in [0.29, 0.717) is 16.2 Å². The second-order valence-corrected chi connectivity index (χ2v) is 2.56. The SMILES string of the molecule is O=Cc1ncc(CF)s1. The molecule has 0 aliphatic heterocycles. The lowest BCUT2D eigenvalue weighted by atomic mass is 10.6. The molecule has 0 amide bonds. The smallest absolute Gasteiger partial charge is 0.178 e. The molecule has 0 atom stereocenters. The first kappa shape index (κ1) is 6.35. The van der Waals surface area contributed by atoms with Gasteiger partial charge < -0.3 is 0 Å². The number of thiazole rings is 1. The van der Waals surface area contributed by atoms with Gasteiger partial charge in [0.25, 0.3) is 0 Å². The molecule has 1 rings (SSSR count). The zero-order chi connectivity index (χ0) is 6.69. The van der Waals surface area contributed by atoms with Gasteiger partial charge in [-0.2, -0.15) is 0 Å². The van der Waals surface area contributed by atoms with E-state index >= 15 is 0 Å². The minimum absolute atomic E-state index is 0.336. The molecule has 0 spiro atoms. The molecule has 4 heteroatoms. The van der Waals surface area contributed by atoms with Crippen LogP contribution >= 0.6 is 11.3 Å². The van der Waals surface area contributed by atoms with E-state index in [4.69, 9.17) is 0 Å². The largest absolute Gasteiger partial charge is 0.295 e. The molecule has 0 unspecified atom stereocenters. The molecule has 1 heterocycles. The normalized spacial score (nSPS) is 9.44. The van der Waals surface area contributed by atoms with Crippen molar-refractivity contribution < 1.29 is 9.18 Å². The molecule has 0 radical (unpaired) electrons. The van der Waals surface area contributed by atoms with Crippen LogP contribution in [-0.2, 0) is 6.67 Å². The van der Waals surface area contributed by atoms with E-state index in [-0.39, 0.29) is 0 Å². The van der Waals surface area contributed by atoms with Gasteiger partial charge in [-0.15, -0.1) is 11.3 Å². The lowest BCUT2D eigenvalue weighted by molar-refractivity contribution is 0.112. The van der Waals surface area contributed by atoms with Gasteiger partial charge in [-0.25, -0.2) is 9.37 Å². The summed E-state index contributed by atoms with van der Waals surface area (Å²) in [7, 11) is 0. The average molecular weight is 145 g/mol. The summed E-state index contributed by atoms with van der Waals surface area (Å²) < 4.78 is 11.7. The van der Waals surface area contributed by atoms with Gasteiger partial charge in [-0.1, -0.05) is 0 Å². The predicted octanol–water partition coefficient (Wildman–Crippen LogP) is 1.43. The minimum atomic E-state index is -0.536. The van der Waals surface area contributed by atoms with Crippen LogP contribution in [0.2, 0.25) is 0 Å². The number of aldehydes is 1. The zero-order valence-electron chi connectivity index (χ0n) is 4.50. The third-order valence-corrected chi connectivity index (χ3v) is 1.69.